The van der Waals surface area contributed by atoms with Crippen molar-refractivity contribution in [1.29, 1.82) is 0 Å². The van der Waals surface area contributed by atoms with Gasteiger partial charge in [0.2, 0.25) is 11.8 Å². The minimum atomic E-state index is -0.782. The van der Waals surface area contributed by atoms with Gasteiger partial charge in [-0.15, -0.1) is 0 Å². The van der Waals surface area contributed by atoms with Gasteiger partial charge in [-0.25, -0.2) is 0 Å². The molecule has 1 aromatic heterocycles. The molecular formula is C17H23N3O5. The van der Waals surface area contributed by atoms with Crippen molar-refractivity contribution in [3.05, 3.63) is 23.7 Å². The maximum Gasteiger partial charge on any atom is 0.257 e. The van der Waals surface area contributed by atoms with Crippen molar-refractivity contribution in [3.8, 4) is 0 Å². The molecule has 8 heteroatoms. The summed E-state index contributed by atoms with van der Waals surface area (Å²) in [6.45, 7) is 4.63. The van der Waals surface area contributed by atoms with Crippen molar-refractivity contribution >= 4 is 17.7 Å². The lowest BCUT2D eigenvalue weighted by Gasteiger charge is -2.39. The predicted molar refractivity (Wildman–Crippen MR) is 87.9 cm³/mol. The van der Waals surface area contributed by atoms with E-state index in [4.69, 9.17) is 9.15 Å². The Bertz CT molecular complexity index is 678. The molecule has 3 heterocycles. The highest BCUT2D eigenvalue weighted by Crippen LogP contribution is 2.26. The summed E-state index contributed by atoms with van der Waals surface area (Å²) in [6.07, 6.45) is 2.72. The summed E-state index contributed by atoms with van der Waals surface area (Å²) in [5, 5.41) is 5.68. The first-order chi connectivity index (χ1) is 11.9. The summed E-state index contributed by atoms with van der Waals surface area (Å²) < 4.78 is 10.6. The van der Waals surface area contributed by atoms with Crippen LogP contribution in [0.5, 0.6) is 0 Å². The van der Waals surface area contributed by atoms with Crippen LogP contribution in [0.3, 0.4) is 0 Å². The van der Waals surface area contributed by atoms with Crippen molar-refractivity contribution in [3.63, 3.8) is 0 Å². The minimum Gasteiger partial charge on any atom is -0.469 e. The maximum atomic E-state index is 13.0. The number of hydrogen-bond donors (Lipinski definition) is 2. The second-order valence-corrected chi connectivity index (χ2v) is 6.71. The highest BCUT2D eigenvalue weighted by molar-refractivity contribution is 5.96. The van der Waals surface area contributed by atoms with Gasteiger partial charge in [0.1, 0.15) is 11.8 Å². The summed E-state index contributed by atoms with van der Waals surface area (Å²) in [6, 6.07) is 0.845. The Hall–Kier alpha value is -2.35. The third kappa shape index (κ3) is 3.68. The van der Waals surface area contributed by atoms with Crippen LogP contribution in [0.1, 0.15) is 35.9 Å². The number of amides is 3. The molecule has 2 aliphatic heterocycles. The number of nitrogens with zero attached hydrogens (tertiary/aromatic N) is 1. The van der Waals surface area contributed by atoms with E-state index in [1.165, 1.54) is 13.2 Å². The van der Waals surface area contributed by atoms with Crippen LogP contribution < -0.4 is 10.6 Å². The molecule has 1 aromatic rings. The molecular weight excluding hydrogens is 326 g/mol. The molecule has 136 valence electrons. The zero-order chi connectivity index (χ0) is 18.0. The minimum absolute atomic E-state index is 0.122. The van der Waals surface area contributed by atoms with Crippen LogP contribution in [0, 0.1) is 6.92 Å². The van der Waals surface area contributed by atoms with E-state index in [1.807, 2.05) is 0 Å². The Kier molecular flexibility index (Phi) is 4.80. The van der Waals surface area contributed by atoms with Crippen molar-refractivity contribution in [1.82, 2.24) is 15.5 Å². The molecule has 0 saturated carbocycles. The third-order valence-electron chi connectivity index (χ3n) is 4.81. The molecule has 1 spiro atoms. The Morgan fingerprint density at radius 3 is 2.68 bits per heavy atom. The van der Waals surface area contributed by atoms with Gasteiger partial charge in [-0.1, -0.05) is 0 Å². The molecule has 25 heavy (non-hydrogen) atoms. The molecule has 0 radical (unpaired) electrons. The quantitative estimate of drug-likeness (QED) is 0.795. The molecule has 1 unspecified atom stereocenters. The molecule has 2 N–H and O–H groups in total. The lowest BCUT2D eigenvalue weighted by molar-refractivity contribution is -0.129. The second kappa shape index (κ2) is 6.87. The highest BCUT2D eigenvalue weighted by Gasteiger charge is 2.43. The summed E-state index contributed by atoms with van der Waals surface area (Å²) in [7, 11) is 0. The van der Waals surface area contributed by atoms with E-state index in [1.54, 1.807) is 17.9 Å². The maximum absolute atomic E-state index is 13.0. The molecule has 2 aliphatic rings. The molecule has 2 fully saturated rings. The molecule has 1 atom stereocenters. The van der Waals surface area contributed by atoms with E-state index in [0.717, 1.165) is 0 Å². The van der Waals surface area contributed by atoms with E-state index < -0.39 is 11.6 Å². The summed E-state index contributed by atoms with van der Waals surface area (Å²) in [5.41, 5.74) is -0.0614. The first-order valence-electron chi connectivity index (χ1n) is 8.40. The standard InChI is InChI=1S/C17H23N3O5/c1-11-13(3-6-25-11)16(23)20-9-14(18-12(2)21)15(22)19-17(10-20)4-7-24-8-5-17/h3,6,14H,4-5,7-10H2,1-2H3,(H,18,21)(H,19,22). The Morgan fingerprint density at radius 1 is 1.36 bits per heavy atom. The Labute approximate surface area is 145 Å². The van der Waals surface area contributed by atoms with Crippen LogP contribution in [-0.2, 0) is 14.3 Å². The Morgan fingerprint density at radius 2 is 2.08 bits per heavy atom. The molecule has 3 amide bonds. The zero-order valence-corrected chi connectivity index (χ0v) is 14.5. The van der Waals surface area contributed by atoms with Crippen molar-refractivity contribution in [2.75, 3.05) is 26.3 Å². The SMILES string of the molecule is CC(=O)NC1CN(C(=O)c2ccoc2C)CC2(CCOCC2)NC1=O. The van der Waals surface area contributed by atoms with Crippen LogP contribution in [0.4, 0.5) is 0 Å². The smallest absolute Gasteiger partial charge is 0.257 e. The number of ether oxygens (including phenoxy) is 1. The Balaban J connectivity index is 1.90. The number of rotatable bonds is 2. The highest BCUT2D eigenvalue weighted by atomic mass is 16.5. The lowest BCUT2D eigenvalue weighted by Crippen LogP contribution is -2.57. The third-order valence-corrected chi connectivity index (χ3v) is 4.81. The van der Waals surface area contributed by atoms with Gasteiger partial charge in [0.25, 0.3) is 5.91 Å². The molecule has 0 aromatic carbocycles. The molecule has 8 nitrogen and oxygen atoms in total. The number of carbonyl (C=O) groups excluding carboxylic acids is 3. The summed E-state index contributed by atoms with van der Waals surface area (Å²) in [4.78, 5) is 38.7. The normalized spacial score (nSPS) is 23.0. The van der Waals surface area contributed by atoms with Gasteiger partial charge < -0.3 is 24.7 Å². The van der Waals surface area contributed by atoms with E-state index in [-0.39, 0.29) is 24.3 Å². The summed E-state index contributed by atoms with van der Waals surface area (Å²) in [5.74, 6) is -0.249. The topological polar surface area (TPSA) is 101 Å². The van der Waals surface area contributed by atoms with Crippen molar-refractivity contribution < 1.29 is 23.5 Å². The van der Waals surface area contributed by atoms with E-state index in [9.17, 15) is 14.4 Å². The number of nitrogens with one attached hydrogen (secondary N) is 2. The molecule has 2 saturated heterocycles. The fourth-order valence-electron chi connectivity index (χ4n) is 3.45. The van der Waals surface area contributed by atoms with Crippen LogP contribution in [0.2, 0.25) is 0 Å². The fourth-order valence-corrected chi connectivity index (χ4v) is 3.45. The van der Waals surface area contributed by atoms with Crippen molar-refractivity contribution in [2.24, 2.45) is 0 Å². The monoisotopic (exact) mass is 349 g/mol. The fraction of sp³-hybridized carbons (Fsp3) is 0.588. The average Bonchev–Trinajstić information content (AvgIpc) is 2.94. The van der Waals surface area contributed by atoms with Gasteiger partial charge in [0.05, 0.1) is 23.9 Å². The molecule has 0 bridgehead atoms. The van der Waals surface area contributed by atoms with Gasteiger partial charge in [0, 0.05) is 26.7 Å². The van der Waals surface area contributed by atoms with Crippen LogP contribution in [0.25, 0.3) is 0 Å². The average molecular weight is 349 g/mol. The number of furan rings is 1. The number of hydrogen-bond acceptors (Lipinski definition) is 5. The predicted octanol–water partition coefficient (Wildman–Crippen LogP) is 0.214. The molecule has 0 aliphatic carbocycles. The zero-order valence-electron chi connectivity index (χ0n) is 14.5. The van der Waals surface area contributed by atoms with Gasteiger partial charge >= 0.3 is 0 Å². The van der Waals surface area contributed by atoms with Gasteiger partial charge in [-0.05, 0) is 25.8 Å². The van der Waals surface area contributed by atoms with Crippen molar-refractivity contribution in [2.45, 2.75) is 38.3 Å². The van der Waals surface area contributed by atoms with Crippen LogP contribution in [0.15, 0.2) is 16.7 Å². The first kappa shape index (κ1) is 17.5. The first-order valence-corrected chi connectivity index (χ1v) is 8.40. The van der Waals surface area contributed by atoms with Crippen LogP contribution >= 0.6 is 0 Å². The van der Waals surface area contributed by atoms with Crippen LogP contribution in [-0.4, -0.2) is 60.5 Å². The lowest BCUT2D eigenvalue weighted by atomic mass is 9.89. The number of carbonyl (C=O) groups is 3. The van der Waals surface area contributed by atoms with E-state index >= 15 is 0 Å². The summed E-state index contributed by atoms with van der Waals surface area (Å²) >= 11 is 0. The number of aryl methyl sites for hydroxylation is 1. The van der Waals surface area contributed by atoms with E-state index in [0.29, 0.717) is 43.9 Å². The second-order valence-electron chi connectivity index (χ2n) is 6.71. The van der Waals surface area contributed by atoms with Gasteiger partial charge in [-0.2, -0.15) is 0 Å². The largest absolute Gasteiger partial charge is 0.469 e. The van der Waals surface area contributed by atoms with E-state index in [2.05, 4.69) is 10.6 Å². The van der Waals surface area contributed by atoms with Gasteiger partial charge in [0.15, 0.2) is 0 Å². The molecule has 3 rings (SSSR count). The van der Waals surface area contributed by atoms with Gasteiger partial charge in [-0.3, -0.25) is 14.4 Å².